The van der Waals surface area contributed by atoms with E-state index < -0.39 is 12.3 Å². The van der Waals surface area contributed by atoms with Crippen molar-refractivity contribution in [2.24, 2.45) is 0 Å². The number of hydrogen-bond donors (Lipinski definition) is 3. The first-order valence-corrected chi connectivity index (χ1v) is 3.39. The number of esters is 1. The Morgan fingerprint density at radius 2 is 2.27 bits per heavy atom. The Hall–Kier alpha value is -0.650. The summed E-state index contributed by atoms with van der Waals surface area (Å²) in [5.41, 5.74) is 0. The van der Waals surface area contributed by atoms with Gasteiger partial charge < -0.3 is 20.3 Å². The van der Waals surface area contributed by atoms with Crippen LogP contribution in [0.4, 0.5) is 0 Å². The second-order valence-electron chi connectivity index (χ2n) is 1.92. The molecular weight excluding hydrogens is 150 g/mol. The minimum Gasteiger partial charge on any atom is -0.465 e. The molecule has 0 unspecified atom stereocenters. The van der Waals surface area contributed by atoms with Crippen LogP contribution in [-0.4, -0.2) is 42.2 Å². The zero-order chi connectivity index (χ0) is 8.69. The fourth-order valence-electron chi connectivity index (χ4n) is 0.515. The van der Waals surface area contributed by atoms with Crippen molar-refractivity contribution < 1.29 is 19.7 Å². The normalized spacial score (nSPS) is 10.2. The van der Waals surface area contributed by atoms with E-state index in [9.17, 15) is 4.79 Å². The Morgan fingerprint density at radius 3 is 2.73 bits per heavy atom. The molecule has 0 saturated carbocycles. The number of hydrogen-bond acceptors (Lipinski definition) is 5. The van der Waals surface area contributed by atoms with Gasteiger partial charge in [0.1, 0.15) is 0 Å². The molecule has 0 radical (unpaired) electrons. The van der Waals surface area contributed by atoms with E-state index in [4.69, 9.17) is 10.2 Å². The van der Waals surface area contributed by atoms with Crippen molar-refractivity contribution in [2.75, 3.05) is 19.7 Å². The van der Waals surface area contributed by atoms with E-state index in [1.165, 1.54) is 0 Å². The van der Waals surface area contributed by atoms with E-state index >= 15 is 0 Å². The summed E-state index contributed by atoms with van der Waals surface area (Å²) in [5, 5.41) is 19.2. The maximum atomic E-state index is 10.6. The highest BCUT2D eigenvalue weighted by Gasteiger charge is 2.01. The molecule has 11 heavy (non-hydrogen) atoms. The molecule has 0 aromatic rings. The topological polar surface area (TPSA) is 78.8 Å². The Morgan fingerprint density at radius 1 is 1.64 bits per heavy atom. The number of carbonyl (C=O) groups excluding carboxylic acids is 1. The summed E-state index contributed by atoms with van der Waals surface area (Å²) in [5.74, 6) is -0.395. The third-order valence-corrected chi connectivity index (χ3v) is 0.902. The fraction of sp³-hybridized carbons (Fsp3) is 0.833. The van der Waals surface area contributed by atoms with Gasteiger partial charge in [0.05, 0.1) is 13.2 Å². The Labute approximate surface area is 65.0 Å². The third kappa shape index (κ3) is 7.24. The Kier molecular flexibility index (Phi) is 5.73. The summed E-state index contributed by atoms with van der Waals surface area (Å²) in [6.45, 7) is 2.02. The molecule has 0 rings (SSSR count). The number of aliphatic hydroxyl groups is 2. The summed E-state index contributed by atoms with van der Waals surface area (Å²) >= 11 is 0. The number of nitrogens with one attached hydrogen (secondary N) is 1. The lowest BCUT2D eigenvalue weighted by molar-refractivity contribution is -0.142. The highest BCUT2D eigenvalue weighted by atomic mass is 16.5. The van der Waals surface area contributed by atoms with Crippen LogP contribution in [-0.2, 0) is 9.53 Å². The second kappa shape index (κ2) is 6.09. The molecule has 0 fully saturated rings. The molecule has 5 heteroatoms. The maximum absolute atomic E-state index is 10.6. The molecule has 0 aliphatic carbocycles. The standard InChI is InChI=1S/C6H13NO4/c1-2-11-6(10)4-7-3-5(8)9/h5,7-9H,2-4H2,1H3. The Balaban J connectivity index is 3.17. The SMILES string of the molecule is CCOC(=O)CNCC(O)O. The van der Waals surface area contributed by atoms with E-state index in [1.807, 2.05) is 0 Å². The van der Waals surface area contributed by atoms with Crippen LogP contribution in [0.1, 0.15) is 6.92 Å². The minimum absolute atomic E-state index is 0.00542. The summed E-state index contributed by atoms with van der Waals surface area (Å²) in [4.78, 5) is 10.6. The molecule has 0 atom stereocenters. The van der Waals surface area contributed by atoms with Crippen LogP contribution in [0.2, 0.25) is 0 Å². The van der Waals surface area contributed by atoms with Gasteiger partial charge in [-0.25, -0.2) is 0 Å². The molecule has 0 aromatic carbocycles. The van der Waals surface area contributed by atoms with Crippen molar-refractivity contribution >= 4 is 5.97 Å². The molecular formula is C6H13NO4. The lowest BCUT2D eigenvalue weighted by atomic mass is 10.5. The van der Waals surface area contributed by atoms with Gasteiger partial charge in [0, 0.05) is 6.54 Å². The summed E-state index contributed by atoms with van der Waals surface area (Å²) in [6.07, 6.45) is -1.43. The quantitative estimate of drug-likeness (QED) is 0.338. The second-order valence-corrected chi connectivity index (χ2v) is 1.92. The van der Waals surface area contributed by atoms with E-state index in [2.05, 4.69) is 10.1 Å². The van der Waals surface area contributed by atoms with E-state index in [-0.39, 0.29) is 13.1 Å². The van der Waals surface area contributed by atoms with Crippen LogP contribution in [0.5, 0.6) is 0 Å². The van der Waals surface area contributed by atoms with Gasteiger partial charge >= 0.3 is 5.97 Å². The average molecular weight is 163 g/mol. The van der Waals surface area contributed by atoms with Gasteiger partial charge in [-0.1, -0.05) is 0 Å². The van der Waals surface area contributed by atoms with Crippen LogP contribution >= 0.6 is 0 Å². The van der Waals surface area contributed by atoms with E-state index in [0.717, 1.165) is 0 Å². The van der Waals surface area contributed by atoms with Gasteiger partial charge in [0.15, 0.2) is 6.29 Å². The zero-order valence-corrected chi connectivity index (χ0v) is 6.41. The molecule has 0 aromatic heterocycles. The van der Waals surface area contributed by atoms with Crippen molar-refractivity contribution in [2.45, 2.75) is 13.2 Å². The highest BCUT2D eigenvalue weighted by Crippen LogP contribution is 1.75. The molecule has 66 valence electrons. The molecule has 0 aliphatic rings. The predicted octanol–water partition coefficient (Wildman–Crippen LogP) is -1.55. The lowest BCUT2D eigenvalue weighted by Gasteiger charge is -2.04. The summed E-state index contributed by atoms with van der Waals surface area (Å²) in [6, 6.07) is 0. The molecule has 0 amide bonds. The first kappa shape index (κ1) is 10.3. The summed E-state index contributed by atoms with van der Waals surface area (Å²) < 4.78 is 4.56. The van der Waals surface area contributed by atoms with Gasteiger partial charge in [0.2, 0.25) is 0 Å². The molecule has 0 saturated heterocycles. The molecule has 0 bridgehead atoms. The van der Waals surface area contributed by atoms with Crippen molar-refractivity contribution in [3.63, 3.8) is 0 Å². The van der Waals surface area contributed by atoms with Crippen LogP contribution in [0.25, 0.3) is 0 Å². The monoisotopic (exact) mass is 163 g/mol. The molecule has 0 heterocycles. The zero-order valence-electron chi connectivity index (χ0n) is 6.41. The van der Waals surface area contributed by atoms with Crippen LogP contribution in [0.15, 0.2) is 0 Å². The summed E-state index contributed by atoms with van der Waals surface area (Å²) in [7, 11) is 0. The van der Waals surface area contributed by atoms with Crippen molar-refractivity contribution in [3.8, 4) is 0 Å². The minimum atomic E-state index is -1.43. The van der Waals surface area contributed by atoms with Gasteiger partial charge in [0.25, 0.3) is 0 Å². The smallest absolute Gasteiger partial charge is 0.319 e. The maximum Gasteiger partial charge on any atom is 0.319 e. The molecule has 0 spiro atoms. The largest absolute Gasteiger partial charge is 0.465 e. The van der Waals surface area contributed by atoms with Gasteiger partial charge in [-0.2, -0.15) is 0 Å². The van der Waals surface area contributed by atoms with E-state index in [1.54, 1.807) is 6.92 Å². The lowest BCUT2D eigenvalue weighted by Crippen LogP contribution is -2.31. The van der Waals surface area contributed by atoms with Crippen LogP contribution in [0.3, 0.4) is 0 Å². The number of carbonyl (C=O) groups is 1. The van der Waals surface area contributed by atoms with Gasteiger partial charge in [-0.05, 0) is 6.92 Å². The molecule has 5 nitrogen and oxygen atoms in total. The number of aliphatic hydroxyl groups excluding tert-OH is 1. The number of ether oxygens (including phenoxy) is 1. The highest BCUT2D eigenvalue weighted by molar-refractivity contribution is 5.71. The van der Waals surface area contributed by atoms with E-state index in [0.29, 0.717) is 6.61 Å². The van der Waals surface area contributed by atoms with Crippen molar-refractivity contribution in [1.29, 1.82) is 0 Å². The predicted molar refractivity (Wildman–Crippen MR) is 37.7 cm³/mol. The fourth-order valence-corrected chi connectivity index (χ4v) is 0.515. The van der Waals surface area contributed by atoms with Gasteiger partial charge in [-0.15, -0.1) is 0 Å². The Bertz CT molecular complexity index is 115. The van der Waals surface area contributed by atoms with Gasteiger partial charge in [-0.3, -0.25) is 4.79 Å². The van der Waals surface area contributed by atoms with Crippen LogP contribution in [0, 0.1) is 0 Å². The third-order valence-electron chi connectivity index (χ3n) is 0.902. The number of rotatable bonds is 5. The van der Waals surface area contributed by atoms with Crippen LogP contribution < -0.4 is 5.32 Å². The molecule has 3 N–H and O–H groups in total. The van der Waals surface area contributed by atoms with Crippen molar-refractivity contribution in [1.82, 2.24) is 5.32 Å². The molecule has 0 aliphatic heterocycles. The average Bonchev–Trinajstić information content (AvgIpc) is 1.87. The first-order chi connectivity index (χ1) is 5.16. The first-order valence-electron chi connectivity index (χ1n) is 3.39. The van der Waals surface area contributed by atoms with Crippen molar-refractivity contribution in [3.05, 3.63) is 0 Å².